The summed E-state index contributed by atoms with van der Waals surface area (Å²) < 4.78 is 10.1. The van der Waals surface area contributed by atoms with Crippen molar-refractivity contribution in [1.29, 1.82) is 0 Å². The molecule has 0 saturated heterocycles. The standard InChI is InChI=1S/C13H9.C13H10.C7H7.2CH3.Zr/c1-3-7-12-10(5-1)9-11-6-2-4-8-13(11)12;1-3-7-12(8-4-1)11-13-9-5-2-6-10-13;1-2-7-5-3-4-6-7;;;/h1-5,7-8H,9H2;1-10H;2,5-6H,1,3H2;2*1H3;. The number of allylic oxidation sites excluding steroid dienone is 5. The van der Waals surface area contributed by atoms with Gasteiger partial charge in [-0.25, -0.2) is 0 Å². The Labute approximate surface area is 216 Å². The minimum atomic E-state index is -4.16. The monoisotopic (exact) mass is 542 g/mol. The van der Waals surface area contributed by atoms with Crippen LogP contribution < -0.4 is 3.27 Å². The number of fused-ring (bicyclic) bond motifs is 3. The first-order valence-electron chi connectivity index (χ1n) is 12.9. The molecular weight excluding hydrogens is 512 g/mol. The molecule has 0 amide bonds. The Balaban J connectivity index is 1.80. The first kappa shape index (κ1) is 23.3. The van der Waals surface area contributed by atoms with Gasteiger partial charge < -0.3 is 0 Å². The Bertz CT molecular complexity index is 1580. The maximum absolute atomic E-state index is 4.16. The molecule has 0 radical (unpaired) electrons. The first-order valence-corrected chi connectivity index (χ1v) is 21.5. The van der Waals surface area contributed by atoms with Crippen molar-refractivity contribution >= 4 is 6.48 Å². The average Bonchev–Trinajstić information content (AvgIpc) is 3.56. The van der Waals surface area contributed by atoms with E-state index in [-0.39, 0.29) is 0 Å². The summed E-state index contributed by atoms with van der Waals surface area (Å²) in [5, 5.41) is 0. The molecular formula is C35H32Zr. The summed E-state index contributed by atoms with van der Waals surface area (Å²) in [6.07, 6.45) is 8.86. The van der Waals surface area contributed by atoms with Gasteiger partial charge in [-0.3, -0.25) is 0 Å². The zero-order valence-electron chi connectivity index (χ0n) is 21.2. The van der Waals surface area contributed by atoms with Gasteiger partial charge in [-0.1, -0.05) is 0 Å². The van der Waals surface area contributed by atoms with Gasteiger partial charge in [0.1, 0.15) is 0 Å². The Morgan fingerprint density at radius 1 is 0.722 bits per heavy atom. The molecule has 0 nitrogen and oxygen atoms in total. The van der Waals surface area contributed by atoms with Crippen LogP contribution in [-0.2, 0) is 24.7 Å². The molecule has 0 atom stereocenters. The third-order valence-corrected chi connectivity index (χ3v) is 24.5. The van der Waals surface area contributed by atoms with E-state index in [0.717, 1.165) is 12.8 Å². The fourth-order valence-corrected chi connectivity index (χ4v) is 21.6. The molecule has 0 aliphatic heterocycles. The third kappa shape index (κ3) is 3.48. The summed E-state index contributed by atoms with van der Waals surface area (Å²) in [7, 11) is 0. The quantitative estimate of drug-likeness (QED) is 0.209. The van der Waals surface area contributed by atoms with E-state index in [0.29, 0.717) is 0 Å². The van der Waals surface area contributed by atoms with Gasteiger partial charge in [0.05, 0.1) is 0 Å². The van der Waals surface area contributed by atoms with Gasteiger partial charge in [-0.2, -0.15) is 0 Å². The fourth-order valence-electron chi connectivity index (χ4n) is 6.78. The fraction of sp³-hybridized carbons (Fsp3) is 0.114. The maximum atomic E-state index is 4.10. The molecule has 4 aromatic carbocycles. The van der Waals surface area contributed by atoms with Crippen molar-refractivity contribution in [1.82, 2.24) is 0 Å². The van der Waals surface area contributed by atoms with E-state index in [1.165, 1.54) is 39.0 Å². The summed E-state index contributed by atoms with van der Waals surface area (Å²) in [5.41, 5.74) is 9.75. The van der Waals surface area contributed by atoms with Crippen molar-refractivity contribution in [2.45, 2.75) is 22.1 Å². The molecule has 0 heterocycles. The molecule has 1 heteroatoms. The Kier molecular flexibility index (Phi) is 5.66. The zero-order chi connectivity index (χ0) is 24.8. The second-order valence-corrected chi connectivity index (χ2v) is 26.7. The van der Waals surface area contributed by atoms with Gasteiger partial charge in [-0.05, 0) is 0 Å². The molecule has 0 fully saturated rings. The summed E-state index contributed by atoms with van der Waals surface area (Å²) in [5.74, 6) is 0. The average molecular weight is 544 g/mol. The Hall–Kier alpha value is -3.15. The van der Waals surface area contributed by atoms with Crippen molar-refractivity contribution < 1.29 is 18.3 Å². The van der Waals surface area contributed by atoms with Crippen LogP contribution in [0.5, 0.6) is 0 Å². The van der Waals surface area contributed by atoms with Crippen LogP contribution in [0.4, 0.5) is 0 Å². The van der Waals surface area contributed by atoms with E-state index >= 15 is 0 Å². The number of rotatable bonds is 5. The van der Waals surface area contributed by atoms with Crippen LogP contribution in [0.1, 0.15) is 28.7 Å². The molecule has 6 rings (SSSR count). The van der Waals surface area contributed by atoms with Gasteiger partial charge in [0.2, 0.25) is 0 Å². The van der Waals surface area contributed by atoms with Crippen LogP contribution in [0.3, 0.4) is 0 Å². The van der Waals surface area contributed by atoms with Crippen molar-refractivity contribution in [3.05, 3.63) is 159 Å². The van der Waals surface area contributed by atoms with Crippen molar-refractivity contribution in [2.75, 3.05) is 0 Å². The van der Waals surface area contributed by atoms with E-state index in [1.807, 2.05) is 6.08 Å². The second kappa shape index (κ2) is 8.75. The van der Waals surface area contributed by atoms with Crippen molar-refractivity contribution in [3.8, 4) is 11.1 Å². The molecule has 0 N–H and O–H groups in total. The van der Waals surface area contributed by atoms with E-state index < -0.39 is 18.3 Å². The first-order chi connectivity index (χ1) is 17.5. The van der Waals surface area contributed by atoms with E-state index in [9.17, 15) is 0 Å². The number of hydrogen-bond acceptors (Lipinski definition) is 0. The second-order valence-electron chi connectivity index (χ2n) is 10.9. The van der Waals surface area contributed by atoms with E-state index in [1.54, 1.807) is 9.76 Å². The van der Waals surface area contributed by atoms with Crippen LogP contribution in [0, 0.1) is 0 Å². The summed E-state index contributed by atoms with van der Waals surface area (Å²) in [4.78, 5) is 0. The van der Waals surface area contributed by atoms with Crippen LogP contribution in [0.25, 0.3) is 11.1 Å². The molecule has 0 aromatic heterocycles. The van der Waals surface area contributed by atoms with Gasteiger partial charge in [0.25, 0.3) is 0 Å². The van der Waals surface area contributed by atoms with Crippen molar-refractivity contribution in [3.63, 3.8) is 0 Å². The van der Waals surface area contributed by atoms with Crippen LogP contribution in [0.2, 0.25) is 9.26 Å². The SMILES string of the molecule is C=CC1=CC[C]([Zr]([CH3])([CH3])(=[C](c2ccccc2)c2ccccc2)[c]2cccc3c2Cc2ccccc2-3)=C1. The van der Waals surface area contributed by atoms with Gasteiger partial charge in [-0.15, -0.1) is 0 Å². The van der Waals surface area contributed by atoms with Gasteiger partial charge in [0.15, 0.2) is 0 Å². The molecule has 36 heavy (non-hydrogen) atoms. The van der Waals surface area contributed by atoms with Crippen LogP contribution in [0.15, 0.2) is 137 Å². The molecule has 0 saturated carbocycles. The molecule has 4 aromatic rings. The third-order valence-electron chi connectivity index (χ3n) is 8.63. The van der Waals surface area contributed by atoms with E-state index in [4.69, 9.17) is 0 Å². The molecule has 176 valence electrons. The number of benzene rings is 4. The zero-order valence-corrected chi connectivity index (χ0v) is 23.6. The molecule has 0 bridgehead atoms. The molecule has 0 spiro atoms. The Morgan fingerprint density at radius 3 is 1.97 bits per heavy atom. The van der Waals surface area contributed by atoms with Crippen LogP contribution >= 0.6 is 0 Å². The molecule has 2 aliphatic carbocycles. The topological polar surface area (TPSA) is 0 Å². The summed E-state index contributed by atoms with van der Waals surface area (Å²) in [6.45, 7) is 4.10. The minimum absolute atomic E-state index is 0.999. The Morgan fingerprint density at radius 2 is 1.33 bits per heavy atom. The number of hydrogen-bond donors (Lipinski definition) is 0. The van der Waals surface area contributed by atoms with Gasteiger partial charge in [0, 0.05) is 0 Å². The normalized spacial score (nSPS) is 14.5. The summed E-state index contributed by atoms with van der Waals surface area (Å²) >= 11 is -4.16. The predicted octanol–water partition coefficient (Wildman–Crippen LogP) is 8.34. The van der Waals surface area contributed by atoms with Crippen molar-refractivity contribution in [2.24, 2.45) is 0 Å². The van der Waals surface area contributed by atoms with Crippen LogP contribution in [-0.4, -0.2) is 3.21 Å². The van der Waals surface area contributed by atoms with Gasteiger partial charge >= 0.3 is 217 Å². The summed E-state index contributed by atoms with van der Waals surface area (Å²) in [6, 6.07) is 38.4. The molecule has 0 unspecified atom stereocenters. The van der Waals surface area contributed by atoms with E-state index in [2.05, 4.69) is 131 Å². The predicted molar refractivity (Wildman–Crippen MR) is 153 cm³/mol. The molecule has 2 aliphatic rings.